The normalized spacial score (nSPS) is 12.4. The first kappa shape index (κ1) is 36.3. The van der Waals surface area contributed by atoms with E-state index >= 15 is 0 Å². The van der Waals surface area contributed by atoms with E-state index in [1.54, 1.807) is 0 Å². The third kappa shape index (κ3) is 7.19. The van der Waals surface area contributed by atoms with Gasteiger partial charge in [-0.2, -0.15) is 16.7 Å². The molecule has 262 valence electrons. The van der Waals surface area contributed by atoms with Gasteiger partial charge in [-0.3, -0.25) is 4.68 Å². The maximum atomic E-state index is 6.66. The van der Waals surface area contributed by atoms with Crippen molar-refractivity contribution >= 4 is 21.8 Å². The second-order valence-corrected chi connectivity index (χ2v) is 15.2. The summed E-state index contributed by atoms with van der Waals surface area (Å²) in [6.45, 7) is 20.0. The maximum Gasteiger partial charge on any atom is 2.00 e. The van der Waals surface area contributed by atoms with Crippen LogP contribution in [-0.4, -0.2) is 19.3 Å². The van der Waals surface area contributed by atoms with E-state index in [-0.39, 0.29) is 26.5 Å². The summed E-state index contributed by atoms with van der Waals surface area (Å²) in [5.41, 5.74) is 11.0. The third-order valence-electron chi connectivity index (χ3n) is 9.94. The van der Waals surface area contributed by atoms with E-state index < -0.39 is 0 Å². The van der Waals surface area contributed by atoms with Crippen molar-refractivity contribution in [1.82, 2.24) is 19.3 Å². The number of hydrogen-bond donors (Lipinski definition) is 0. The van der Waals surface area contributed by atoms with Gasteiger partial charge in [0.1, 0.15) is 5.82 Å². The molecule has 0 aliphatic carbocycles. The predicted octanol–water partition coefficient (Wildman–Crippen LogP) is 11.7. The molecule has 0 saturated carbocycles. The van der Waals surface area contributed by atoms with Crippen LogP contribution in [0.15, 0.2) is 91.1 Å². The van der Waals surface area contributed by atoms with E-state index in [2.05, 4.69) is 146 Å². The Morgan fingerprint density at radius 1 is 0.804 bits per heavy atom. The van der Waals surface area contributed by atoms with Gasteiger partial charge in [0.15, 0.2) is 0 Å². The van der Waals surface area contributed by atoms with Gasteiger partial charge in [-0.1, -0.05) is 89.5 Å². The Labute approximate surface area is 317 Å². The van der Waals surface area contributed by atoms with Gasteiger partial charge in [0.2, 0.25) is 0 Å². The van der Waals surface area contributed by atoms with Crippen LogP contribution in [0.2, 0.25) is 0 Å². The first-order valence-corrected chi connectivity index (χ1v) is 17.7. The molecule has 0 radical (unpaired) electrons. The minimum atomic E-state index is 0. The van der Waals surface area contributed by atoms with Gasteiger partial charge in [-0.15, -0.1) is 35.7 Å². The summed E-state index contributed by atoms with van der Waals surface area (Å²) in [6, 6.07) is 37.1. The Morgan fingerprint density at radius 3 is 2.27 bits per heavy atom. The molecule has 4 aromatic carbocycles. The molecule has 1 atom stereocenters. The van der Waals surface area contributed by atoms with E-state index in [9.17, 15) is 0 Å². The summed E-state index contributed by atoms with van der Waals surface area (Å²) in [5, 5.41) is 7.29. The van der Waals surface area contributed by atoms with Crippen molar-refractivity contribution in [3.8, 4) is 34.1 Å². The summed E-state index contributed by atoms with van der Waals surface area (Å²) in [6.07, 6.45) is 2.78. The van der Waals surface area contributed by atoms with Gasteiger partial charge < -0.3 is 9.30 Å². The van der Waals surface area contributed by atoms with Crippen molar-refractivity contribution in [2.24, 2.45) is 11.3 Å². The Balaban J connectivity index is 0.00000448. The monoisotopic (exact) mass is 853 g/mol. The quantitative estimate of drug-likeness (QED) is 0.143. The van der Waals surface area contributed by atoms with Crippen LogP contribution in [0.25, 0.3) is 44.4 Å². The minimum Gasteiger partial charge on any atom is -0.509 e. The van der Waals surface area contributed by atoms with E-state index in [0.29, 0.717) is 23.3 Å². The molecule has 0 amide bonds. The minimum absolute atomic E-state index is 0. The predicted molar refractivity (Wildman–Crippen MR) is 206 cm³/mol. The van der Waals surface area contributed by atoms with Crippen molar-refractivity contribution in [2.45, 2.75) is 74.7 Å². The number of aryl methyl sites for hydroxylation is 2. The molecule has 1 unspecified atom stereocenters. The van der Waals surface area contributed by atoms with Crippen molar-refractivity contribution in [1.29, 1.82) is 0 Å². The fourth-order valence-corrected chi connectivity index (χ4v) is 7.01. The SMILES string of the molecule is Cc1ccnc(-n2c3[c-]c(Oc4[c-]c(-n5nc(C)c(-c6ccccc6)c5C)cc(CC(C)C)c4)ccc3c3cc(C(C)C(C)(C)C)ccc32)c1.[Pt+2]. The fraction of sp³-hybridized carbons (Fsp3) is 0.289. The second kappa shape index (κ2) is 14.3. The van der Waals surface area contributed by atoms with E-state index in [0.717, 1.165) is 62.4 Å². The average Bonchev–Trinajstić information content (AvgIpc) is 3.55. The van der Waals surface area contributed by atoms with Crippen LogP contribution < -0.4 is 4.74 Å². The van der Waals surface area contributed by atoms with Gasteiger partial charge in [-0.25, -0.2) is 4.98 Å². The average molecular weight is 854 g/mol. The van der Waals surface area contributed by atoms with Gasteiger partial charge in [0.05, 0.1) is 5.69 Å². The number of nitrogens with zero attached hydrogens (tertiary/aromatic N) is 4. The smallest absolute Gasteiger partial charge is 0.509 e. The number of pyridine rings is 1. The second-order valence-electron chi connectivity index (χ2n) is 15.2. The van der Waals surface area contributed by atoms with Crippen molar-refractivity contribution in [3.63, 3.8) is 0 Å². The van der Waals surface area contributed by atoms with Crippen molar-refractivity contribution < 1.29 is 25.8 Å². The van der Waals surface area contributed by atoms with Crippen LogP contribution in [0.3, 0.4) is 0 Å². The number of benzene rings is 4. The van der Waals surface area contributed by atoms with Crippen molar-refractivity contribution in [3.05, 3.63) is 131 Å². The molecular formula is C45H46N4OPt. The fourth-order valence-electron chi connectivity index (χ4n) is 7.01. The number of fused-ring (bicyclic) bond motifs is 3. The molecule has 3 heterocycles. The summed E-state index contributed by atoms with van der Waals surface area (Å²) in [7, 11) is 0. The summed E-state index contributed by atoms with van der Waals surface area (Å²) >= 11 is 0. The first-order chi connectivity index (χ1) is 23.9. The van der Waals surface area contributed by atoms with Gasteiger partial charge in [0.25, 0.3) is 0 Å². The molecule has 3 aromatic heterocycles. The molecule has 0 aliphatic heterocycles. The number of hydrogen-bond acceptors (Lipinski definition) is 3. The summed E-state index contributed by atoms with van der Waals surface area (Å²) < 4.78 is 10.9. The van der Waals surface area contributed by atoms with Crippen LogP contribution in [-0.2, 0) is 27.5 Å². The van der Waals surface area contributed by atoms with Crippen LogP contribution >= 0.6 is 0 Å². The van der Waals surface area contributed by atoms with Crippen LogP contribution in [0.4, 0.5) is 0 Å². The zero-order chi connectivity index (χ0) is 35.3. The number of rotatable bonds is 8. The maximum absolute atomic E-state index is 6.66. The number of ether oxygens (including phenoxy) is 1. The van der Waals surface area contributed by atoms with Gasteiger partial charge in [0, 0.05) is 34.5 Å². The molecule has 7 aromatic rings. The molecular weight excluding hydrogens is 808 g/mol. The van der Waals surface area contributed by atoms with Crippen molar-refractivity contribution in [2.75, 3.05) is 0 Å². The molecule has 6 heteroatoms. The Morgan fingerprint density at radius 2 is 1.57 bits per heavy atom. The molecule has 5 nitrogen and oxygen atoms in total. The summed E-state index contributed by atoms with van der Waals surface area (Å²) in [4.78, 5) is 4.80. The van der Waals surface area contributed by atoms with Crippen LogP contribution in [0.1, 0.15) is 75.5 Å². The Hall–Kier alpha value is -4.47. The topological polar surface area (TPSA) is 44.9 Å². The van der Waals surface area contributed by atoms with E-state index in [1.165, 1.54) is 16.5 Å². The standard InChI is InChI=1S/C45H46N4O.Pt/c1-28(2)21-33-23-36(49-32(6)44(31(5)47-49)34-13-11-10-12-14-34)26-38(24-33)50-37-16-17-39-40-25-35(30(4)45(7,8)9)15-18-41(40)48(42(39)27-37)43-22-29(3)19-20-46-43;/h10-20,22-25,28,30H,21H2,1-9H3;/q-2;+2. The molecule has 0 aliphatic rings. The molecule has 51 heavy (non-hydrogen) atoms. The van der Waals surface area contributed by atoms with Crippen LogP contribution in [0.5, 0.6) is 11.5 Å². The Kier molecular flexibility index (Phi) is 10.2. The molecule has 0 spiro atoms. The van der Waals surface area contributed by atoms with E-state index in [4.69, 9.17) is 14.8 Å². The van der Waals surface area contributed by atoms with Gasteiger partial charge in [-0.05, 0) is 90.4 Å². The molecule has 0 fully saturated rings. The Bertz CT molecular complexity index is 2340. The zero-order valence-corrected chi connectivity index (χ0v) is 33.3. The van der Waals surface area contributed by atoms with Gasteiger partial charge >= 0.3 is 21.1 Å². The van der Waals surface area contributed by atoms with Crippen LogP contribution in [0, 0.1) is 44.2 Å². The molecule has 7 rings (SSSR count). The number of aromatic nitrogens is 4. The molecule has 0 N–H and O–H groups in total. The third-order valence-corrected chi connectivity index (χ3v) is 9.94. The molecule has 0 bridgehead atoms. The zero-order valence-electron chi connectivity index (χ0n) is 31.0. The molecule has 0 saturated heterocycles. The largest absolute Gasteiger partial charge is 2.00 e. The van der Waals surface area contributed by atoms with E-state index in [1.807, 2.05) is 29.1 Å². The first-order valence-electron chi connectivity index (χ1n) is 17.7. The summed E-state index contributed by atoms with van der Waals surface area (Å²) in [5.74, 6) is 2.99.